The number of aliphatic hydroxyl groups is 4. The smallest absolute Gasteiger partial charge is 0.407 e. The third-order valence-corrected chi connectivity index (χ3v) is 10.3. The molecule has 24 nitrogen and oxygen atoms in total. The largest absolute Gasteiger partial charge is 0.477 e. The summed E-state index contributed by atoms with van der Waals surface area (Å²) in [6.07, 6.45) is -6.72. The molecule has 0 unspecified atom stereocenters. The number of amides is 3. The van der Waals surface area contributed by atoms with E-state index in [1.807, 2.05) is 42.5 Å². The van der Waals surface area contributed by atoms with Crippen molar-refractivity contribution in [1.82, 2.24) is 30.9 Å². The Hall–Kier alpha value is -5.22. The predicted octanol–water partition coefficient (Wildman–Crippen LogP) is -0.425. The van der Waals surface area contributed by atoms with Crippen LogP contribution in [0.1, 0.15) is 38.4 Å². The van der Waals surface area contributed by atoms with Gasteiger partial charge in [-0.05, 0) is 37.5 Å². The molecule has 0 spiro atoms. The maximum Gasteiger partial charge on any atom is 0.407 e. The van der Waals surface area contributed by atoms with E-state index in [2.05, 4.69) is 26.3 Å². The van der Waals surface area contributed by atoms with Crippen molar-refractivity contribution in [1.29, 1.82) is 0 Å². The van der Waals surface area contributed by atoms with Gasteiger partial charge in [0, 0.05) is 19.5 Å². The lowest BCUT2D eigenvalue weighted by Gasteiger charge is -2.46. The molecule has 71 heavy (non-hydrogen) atoms. The zero-order chi connectivity index (χ0) is 51.5. The van der Waals surface area contributed by atoms with Gasteiger partial charge >= 0.3 is 12.1 Å². The van der Waals surface area contributed by atoms with Crippen molar-refractivity contribution in [2.45, 2.75) is 88.6 Å². The fraction of sp³-hybridized carbons (Fsp3) is 0.617. The first-order valence-corrected chi connectivity index (χ1v) is 23.3. The number of alkyl carbamates (subject to hydrolysis) is 1. The molecule has 1 aromatic heterocycles. The van der Waals surface area contributed by atoms with E-state index < -0.39 is 85.3 Å². The van der Waals surface area contributed by atoms with Crippen LogP contribution in [0, 0.1) is 0 Å². The first kappa shape index (κ1) is 58.4. The first-order valence-electron chi connectivity index (χ1n) is 23.3. The zero-order valence-electron chi connectivity index (χ0n) is 40.5. The van der Waals surface area contributed by atoms with Crippen LogP contribution >= 0.6 is 0 Å². The number of rotatable bonds is 34. The second kappa shape index (κ2) is 31.3. The Bertz CT molecular complexity index is 2010. The van der Waals surface area contributed by atoms with Gasteiger partial charge in [-0.1, -0.05) is 59.8 Å². The van der Waals surface area contributed by atoms with Crippen molar-refractivity contribution in [3.63, 3.8) is 0 Å². The van der Waals surface area contributed by atoms with Crippen LogP contribution in [-0.2, 0) is 76.6 Å². The molecule has 1 saturated heterocycles. The third-order valence-electron chi connectivity index (χ3n) is 10.3. The summed E-state index contributed by atoms with van der Waals surface area (Å²) in [5, 5.41) is 68.3. The summed E-state index contributed by atoms with van der Waals surface area (Å²) in [5.74, 6) is -5.66. The van der Waals surface area contributed by atoms with Crippen LogP contribution in [0.5, 0.6) is 0 Å². The van der Waals surface area contributed by atoms with Crippen LogP contribution in [0.4, 0.5) is 4.79 Å². The average Bonchev–Trinajstić information content (AvgIpc) is 3.80. The number of nitrogens with zero attached hydrogens (tertiary/aromatic N) is 3. The van der Waals surface area contributed by atoms with E-state index >= 15 is 0 Å². The molecule has 4 rings (SSSR count). The number of hydrogen-bond acceptors (Lipinski definition) is 19. The number of nitrogens with one attached hydrogen (secondary N) is 3. The number of benzene rings is 2. The molecular formula is C47H70N6O18. The topological polar surface area (TPSA) is 319 Å². The number of carbonyl (C=O) groups is 4. The van der Waals surface area contributed by atoms with Gasteiger partial charge in [0.05, 0.1) is 123 Å². The van der Waals surface area contributed by atoms with Crippen LogP contribution in [0.15, 0.2) is 60.8 Å². The second-order valence-corrected chi connectivity index (χ2v) is 17.1. The maximum absolute atomic E-state index is 12.8. The average molecular weight is 1010 g/mol. The number of hydrogen-bond donors (Lipinski definition) is 8. The lowest BCUT2D eigenvalue weighted by Crippen LogP contribution is -2.68. The molecule has 3 amide bonds. The highest BCUT2D eigenvalue weighted by atomic mass is 16.7. The summed E-state index contributed by atoms with van der Waals surface area (Å²) >= 11 is 0. The highest BCUT2D eigenvalue weighted by Gasteiger charge is 2.56. The molecule has 2 aromatic carbocycles. The number of aliphatic hydroxyl groups excluding tert-OH is 4. The van der Waals surface area contributed by atoms with Gasteiger partial charge in [0.2, 0.25) is 11.8 Å². The molecule has 0 bridgehead atoms. The van der Waals surface area contributed by atoms with E-state index in [1.165, 1.54) is 0 Å². The quantitative estimate of drug-likeness (QED) is 0.0352. The lowest BCUT2D eigenvalue weighted by molar-refractivity contribution is -0.312. The summed E-state index contributed by atoms with van der Waals surface area (Å²) in [7, 11) is 0. The number of carbonyl (C=O) groups excluding carboxylic acids is 3. The van der Waals surface area contributed by atoms with Gasteiger partial charge in [0.15, 0.2) is 0 Å². The molecule has 396 valence electrons. The Morgan fingerprint density at radius 1 is 0.789 bits per heavy atom. The molecule has 0 saturated carbocycles. The number of carboxylic acids is 1. The van der Waals surface area contributed by atoms with Crippen LogP contribution in [0.25, 0.3) is 11.1 Å². The number of aromatic nitrogens is 3. The van der Waals surface area contributed by atoms with Crippen molar-refractivity contribution in [3.8, 4) is 11.1 Å². The van der Waals surface area contributed by atoms with Crippen molar-refractivity contribution in [2.75, 3.05) is 99.0 Å². The molecule has 0 aliphatic carbocycles. The third kappa shape index (κ3) is 22.0. The van der Waals surface area contributed by atoms with E-state index in [0.29, 0.717) is 70.6 Å². The van der Waals surface area contributed by atoms with Crippen molar-refractivity contribution >= 4 is 23.9 Å². The van der Waals surface area contributed by atoms with Crippen LogP contribution in [0.2, 0.25) is 0 Å². The molecule has 24 heteroatoms. The SMILES string of the molecule is CC(C)(C)OC(=O)NCCOCCOCCOCCOCc1cn(CCOCCOCCO[C@]2(C(=O)O)C[C@H](O)[C@@H](NC(=O)CO)[C@H]([C@H](O)[C@H](O)CNC(=O)Cc3ccc(-c4ccccc4)cc3)O2)nn1. The normalized spacial score (nSPS) is 18.9. The fourth-order valence-corrected chi connectivity index (χ4v) is 6.83. The van der Waals surface area contributed by atoms with Crippen molar-refractivity contribution in [3.05, 3.63) is 72.1 Å². The van der Waals surface area contributed by atoms with Gasteiger partial charge in [-0.25, -0.2) is 14.3 Å². The molecule has 1 aliphatic rings. The molecule has 1 fully saturated rings. The Kier molecular flexibility index (Phi) is 25.7. The van der Waals surface area contributed by atoms with Crippen LogP contribution < -0.4 is 16.0 Å². The first-order chi connectivity index (χ1) is 34.1. The van der Waals surface area contributed by atoms with E-state index in [1.54, 1.807) is 43.8 Å². The zero-order valence-corrected chi connectivity index (χ0v) is 40.5. The van der Waals surface area contributed by atoms with Gasteiger partial charge in [-0.3, -0.25) is 9.59 Å². The molecule has 1 aliphatic heterocycles. The molecule has 3 aromatic rings. The van der Waals surface area contributed by atoms with Crippen molar-refractivity contribution in [2.24, 2.45) is 0 Å². The Morgan fingerprint density at radius 3 is 2.00 bits per heavy atom. The van der Waals surface area contributed by atoms with Gasteiger partial charge < -0.3 is 84.1 Å². The van der Waals surface area contributed by atoms with E-state index in [0.717, 1.165) is 11.1 Å². The summed E-state index contributed by atoms with van der Waals surface area (Å²) < 4.78 is 51.2. The fourth-order valence-electron chi connectivity index (χ4n) is 6.83. The molecular weight excluding hydrogens is 937 g/mol. The minimum absolute atomic E-state index is 0.0465. The Morgan fingerprint density at radius 2 is 1.38 bits per heavy atom. The van der Waals surface area contributed by atoms with Crippen molar-refractivity contribution < 1.29 is 87.3 Å². The number of aliphatic carboxylic acids is 1. The van der Waals surface area contributed by atoms with Crippen LogP contribution in [-0.4, -0.2) is 205 Å². The van der Waals surface area contributed by atoms with E-state index in [-0.39, 0.29) is 46.1 Å². The maximum atomic E-state index is 12.8. The highest BCUT2D eigenvalue weighted by molar-refractivity contribution is 5.79. The van der Waals surface area contributed by atoms with Gasteiger partial charge in [0.25, 0.3) is 5.79 Å². The van der Waals surface area contributed by atoms with Crippen LogP contribution in [0.3, 0.4) is 0 Å². The second-order valence-electron chi connectivity index (χ2n) is 17.1. The minimum Gasteiger partial charge on any atom is -0.477 e. The summed E-state index contributed by atoms with van der Waals surface area (Å²) in [5.41, 5.74) is 2.73. The number of carboxylic acid groups (broad SMARTS) is 1. The molecule has 0 radical (unpaired) electrons. The lowest BCUT2D eigenvalue weighted by atomic mass is 9.88. The number of ether oxygens (including phenoxy) is 9. The monoisotopic (exact) mass is 1010 g/mol. The van der Waals surface area contributed by atoms with Gasteiger partial charge in [-0.2, -0.15) is 0 Å². The standard InChI is InChI=1S/C47H70N6O18/c1-46(2,3)71-45(62)48-13-15-63-17-19-65-21-22-66-23-24-68-32-36-30-53(52-51-36)14-16-64-18-20-67-25-26-69-47(44(60)61)28-37(55)41(50-40(58)31-54)43(70-47)42(59)38(56)29-49-39(57)27-33-9-11-35(12-10-33)34-7-5-4-6-8-34/h4-12,30,37-38,41-43,54-56,59H,13-29,31-32H2,1-3H3,(H,48,62)(H,49,57)(H,50,58)(H,60,61)/t37-,38+,41+,42+,43+,47+/m0/s1. The minimum atomic E-state index is -2.55. The van der Waals surface area contributed by atoms with E-state index in [4.69, 9.17) is 42.6 Å². The molecule has 2 heterocycles. The van der Waals surface area contributed by atoms with Gasteiger partial charge in [-0.15, -0.1) is 5.10 Å². The predicted molar refractivity (Wildman–Crippen MR) is 249 cm³/mol. The highest BCUT2D eigenvalue weighted by Crippen LogP contribution is 2.33. The Balaban J connectivity index is 1.07. The summed E-state index contributed by atoms with van der Waals surface area (Å²) in [6.45, 7) is 7.53. The molecule has 8 N–H and O–H groups in total. The summed E-state index contributed by atoms with van der Waals surface area (Å²) in [4.78, 5) is 49.1. The summed E-state index contributed by atoms with van der Waals surface area (Å²) in [6, 6.07) is 15.5. The molecule has 6 atom stereocenters. The van der Waals surface area contributed by atoms with Gasteiger partial charge in [0.1, 0.15) is 30.1 Å². The Labute approximate surface area is 412 Å². The van der Waals surface area contributed by atoms with E-state index in [9.17, 15) is 44.7 Å².